The van der Waals surface area contributed by atoms with Gasteiger partial charge < -0.3 is 9.47 Å². The monoisotopic (exact) mass is 322 g/mol. The van der Waals surface area contributed by atoms with Gasteiger partial charge in [-0.3, -0.25) is 9.78 Å². The number of hydrogen-bond acceptors (Lipinski definition) is 5. The van der Waals surface area contributed by atoms with Crippen molar-refractivity contribution in [2.45, 2.75) is 6.92 Å². The number of carbonyl (C=O) groups is 1. The van der Waals surface area contributed by atoms with Gasteiger partial charge >= 0.3 is 5.97 Å². The summed E-state index contributed by atoms with van der Waals surface area (Å²) < 4.78 is 10.4. The number of methoxy groups -OCH3 is 2. The standard InChI is InChI=1S/C16H15ClO5/c1-10(18)21-22-16-14(8-12(17)9-15(16)20-3)11-4-6-13(19-2)7-5-11/h4-9H,1-3H3. The summed E-state index contributed by atoms with van der Waals surface area (Å²) in [5, 5.41) is 0.470. The Bertz CT molecular complexity index is 667. The first-order chi connectivity index (χ1) is 10.5. The first-order valence-electron chi connectivity index (χ1n) is 6.42. The first kappa shape index (κ1) is 16.0. The molecule has 0 heterocycles. The van der Waals surface area contributed by atoms with Gasteiger partial charge in [0.2, 0.25) is 5.75 Å². The Hall–Kier alpha value is -2.40. The van der Waals surface area contributed by atoms with E-state index in [4.69, 9.17) is 26.0 Å². The number of rotatable bonds is 5. The minimum absolute atomic E-state index is 0.271. The second-order valence-corrected chi connectivity index (χ2v) is 4.81. The summed E-state index contributed by atoms with van der Waals surface area (Å²) in [4.78, 5) is 20.7. The van der Waals surface area contributed by atoms with Gasteiger partial charge in [-0.1, -0.05) is 23.7 Å². The van der Waals surface area contributed by atoms with Crippen molar-refractivity contribution < 1.29 is 24.0 Å². The fourth-order valence-corrected chi connectivity index (χ4v) is 2.10. The van der Waals surface area contributed by atoms with Gasteiger partial charge in [-0.15, -0.1) is 0 Å². The Morgan fingerprint density at radius 2 is 1.73 bits per heavy atom. The third kappa shape index (κ3) is 3.62. The van der Waals surface area contributed by atoms with Crippen molar-refractivity contribution in [2.24, 2.45) is 0 Å². The molecule has 0 N–H and O–H groups in total. The zero-order chi connectivity index (χ0) is 16.1. The molecular formula is C16H15ClO5. The molecule has 2 rings (SSSR count). The van der Waals surface area contributed by atoms with Gasteiger partial charge in [0.15, 0.2) is 5.75 Å². The second kappa shape index (κ2) is 7.04. The Morgan fingerprint density at radius 3 is 2.27 bits per heavy atom. The van der Waals surface area contributed by atoms with Crippen molar-refractivity contribution in [3.05, 3.63) is 41.4 Å². The Morgan fingerprint density at radius 1 is 1.05 bits per heavy atom. The molecule has 0 saturated heterocycles. The van der Waals surface area contributed by atoms with E-state index < -0.39 is 5.97 Å². The van der Waals surface area contributed by atoms with E-state index in [2.05, 4.69) is 4.89 Å². The van der Waals surface area contributed by atoms with Crippen LogP contribution >= 0.6 is 11.6 Å². The molecule has 0 saturated carbocycles. The predicted molar refractivity (Wildman–Crippen MR) is 82.4 cm³/mol. The van der Waals surface area contributed by atoms with Crippen molar-refractivity contribution >= 4 is 17.6 Å². The first-order valence-corrected chi connectivity index (χ1v) is 6.80. The lowest BCUT2D eigenvalue weighted by Crippen LogP contribution is -2.05. The highest BCUT2D eigenvalue weighted by atomic mass is 35.5. The zero-order valence-corrected chi connectivity index (χ0v) is 13.1. The van der Waals surface area contributed by atoms with Gasteiger partial charge in [0.05, 0.1) is 14.2 Å². The molecule has 116 valence electrons. The summed E-state index contributed by atoms with van der Waals surface area (Å²) in [6.45, 7) is 1.25. The predicted octanol–water partition coefficient (Wildman–Crippen LogP) is 3.88. The highest BCUT2D eigenvalue weighted by Crippen LogP contribution is 2.41. The molecule has 0 aliphatic rings. The molecule has 0 amide bonds. The SMILES string of the molecule is COc1ccc(-c2cc(Cl)cc(OC)c2OOC(C)=O)cc1. The number of halogens is 1. The van der Waals surface area contributed by atoms with Crippen LogP contribution in [0.3, 0.4) is 0 Å². The van der Waals surface area contributed by atoms with E-state index in [9.17, 15) is 4.79 Å². The highest BCUT2D eigenvalue weighted by Gasteiger charge is 2.17. The second-order valence-electron chi connectivity index (χ2n) is 4.37. The summed E-state index contributed by atoms with van der Waals surface area (Å²) in [5.74, 6) is 0.782. The summed E-state index contributed by atoms with van der Waals surface area (Å²) in [5.41, 5.74) is 1.44. The molecule has 0 spiro atoms. The lowest BCUT2D eigenvalue weighted by molar-refractivity contribution is -0.211. The van der Waals surface area contributed by atoms with E-state index in [-0.39, 0.29) is 5.75 Å². The van der Waals surface area contributed by atoms with Crippen molar-refractivity contribution in [3.8, 4) is 28.4 Å². The molecule has 0 aliphatic carbocycles. The molecule has 0 atom stereocenters. The number of carbonyl (C=O) groups excluding carboxylic acids is 1. The lowest BCUT2D eigenvalue weighted by Gasteiger charge is -2.14. The quantitative estimate of drug-likeness (QED) is 0.617. The Kier molecular flexibility index (Phi) is 5.12. The Balaban J connectivity index is 2.50. The van der Waals surface area contributed by atoms with Gasteiger partial charge in [0, 0.05) is 23.6 Å². The van der Waals surface area contributed by atoms with E-state index in [1.54, 1.807) is 31.4 Å². The van der Waals surface area contributed by atoms with Gasteiger partial charge in [-0.05, 0) is 23.8 Å². The maximum atomic E-state index is 11.0. The third-order valence-electron chi connectivity index (χ3n) is 2.88. The molecule has 5 nitrogen and oxygen atoms in total. The molecule has 2 aromatic rings. The zero-order valence-electron chi connectivity index (χ0n) is 12.4. The van der Waals surface area contributed by atoms with Gasteiger partial charge in [-0.25, -0.2) is 4.79 Å². The van der Waals surface area contributed by atoms with Gasteiger partial charge in [0.1, 0.15) is 5.75 Å². The van der Waals surface area contributed by atoms with Crippen molar-refractivity contribution in [1.29, 1.82) is 0 Å². The minimum Gasteiger partial charge on any atom is -0.497 e. The van der Waals surface area contributed by atoms with Crippen LogP contribution in [0.15, 0.2) is 36.4 Å². The molecule has 0 unspecified atom stereocenters. The smallest absolute Gasteiger partial charge is 0.352 e. The summed E-state index contributed by atoms with van der Waals surface area (Å²) in [6.07, 6.45) is 0. The van der Waals surface area contributed by atoms with Crippen LogP contribution in [0.4, 0.5) is 0 Å². The lowest BCUT2D eigenvalue weighted by atomic mass is 10.0. The highest BCUT2D eigenvalue weighted by molar-refractivity contribution is 6.31. The van der Waals surface area contributed by atoms with Crippen molar-refractivity contribution in [3.63, 3.8) is 0 Å². The number of hydrogen-bond donors (Lipinski definition) is 0. The summed E-state index contributed by atoms with van der Waals surface area (Å²) in [7, 11) is 3.07. The molecule has 0 aromatic heterocycles. The van der Waals surface area contributed by atoms with Crippen LogP contribution in [-0.4, -0.2) is 20.2 Å². The molecule has 0 radical (unpaired) electrons. The van der Waals surface area contributed by atoms with Crippen LogP contribution in [0, 0.1) is 0 Å². The van der Waals surface area contributed by atoms with Crippen LogP contribution in [0.1, 0.15) is 6.92 Å². The van der Waals surface area contributed by atoms with Crippen LogP contribution in [-0.2, 0) is 9.68 Å². The largest absolute Gasteiger partial charge is 0.497 e. The van der Waals surface area contributed by atoms with E-state index >= 15 is 0 Å². The molecule has 22 heavy (non-hydrogen) atoms. The molecule has 0 aliphatic heterocycles. The molecular weight excluding hydrogens is 308 g/mol. The van der Waals surface area contributed by atoms with Gasteiger partial charge in [0.25, 0.3) is 0 Å². The normalized spacial score (nSPS) is 10.0. The van der Waals surface area contributed by atoms with E-state index in [0.29, 0.717) is 16.3 Å². The average molecular weight is 323 g/mol. The maximum Gasteiger partial charge on any atom is 0.352 e. The van der Waals surface area contributed by atoms with Crippen LogP contribution in [0.25, 0.3) is 11.1 Å². The van der Waals surface area contributed by atoms with Crippen molar-refractivity contribution in [1.82, 2.24) is 0 Å². The molecule has 6 heteroatoms. The molecule has 0 fully saturated rings. The number of benzene rings is 2. The molecule has 0 bridgehead atoms. The van der Waals surface area contributed by atoms with Crippen LogP contribution < -0.4 is 14.4 Å². The van der Waals surface area contributed by atoms with E-state index in [1.165, 1.54) is 14.0 Å². The fourth-order valence-electron chi connectivity index (χ4n) is 1.89. The third-order valence-corrected chi connectivity index (χ3v) is 3.10. The minimum atomic E-state index is -0.572. The maximum absolute atomic E-state index is 11.0. The van der Waals surface area contributed by atoms with E-state index in [0.717, 1.165) is 11.3 Å². The van der Waals surface area contributed by atoms with Crippen molar-refractivity contribution in [2.75, 3.05) is 14.2 Å². The van der Waals surface area contributed by atoms with Crippen LogP contribution in [0.2, 0.25) is 5.02 Å². The summed E-state index contributed by atoms with van der Waals surface area (Å²) >= 11 is 6.10. The van der Waals surface area contributed by atoms with Crippen LogP contribution in [0.5, 0.6) is 17.2 Å². The van der Waals surface area contributed by atoms with Gasteiger partial charge in [-0.2, -0.15) is 0 Å². The fraction of sp³-hybridized carbons (Fsp3) is 0.188. The average Bonchev–Trinajstić information content (AvgIpc) is 2.52. The number of ether oxygens (including phenoxy) is 2. The molecule has 2 aromatic carbocycles. The Labute approximate surface area is 133 Å². The van der Waals surface area contributed by atoms with E-state index in [1.807, 2.05) is 12.1 Å². The topological polar surface area (TPSA) is 54.0 Å². The summed E-state index contributed by atoms with van der Waals surface area (Å²) in [6, 6.07) is 10.6.